The van der Waals surface area contributed by atoms with E-state index < -0.39 is 0 Å². The Hall–Kier alpha value is -1.68. The van der Waals surface area contributed by atoms with Crippen LogP contribution in [0.15, 0.2) is 31.0 Å². The summed E-state index contributed by atoms with van der Waals surface area (Å²) in [7, 11) is 0. The molecule has 0 radical (unpaired) electrons. The molecule has 0 spiro atoms. The lowest BCUT2D eigenvalue weighted by Crippen LogP contribution is -2.37. The maximum atomic E-state index is 12.3. The molecule has 0 bridgehead atoms. The fraction of sp³-hybridized carbons (Fsp3) is 0.385. The standard InChI is InChI=1S/C13H19N3O/c1-4-7-16(10(2)3)13(17)11-5-6-15-12(8-11)9-14/h4-6,8,10H,1,7,9,14H2,2-3H3. The van der Waals surface area contributed by atoms with E-state index >= 15 is 0 Å². The number of hydrogen-bond acceptors (Lipinski definition) is 3. The third kappa shape index (κ3) is 3.39. The maximum absolute atomic E-state index is 12.3. The van der Waals surface area contributed by atoms with Crippen LogP contribution in [0, 0.1) is 0 Å². The molecule has 4 nitrogen and oxygen atoms in total. The first kappa shape index (κ1) is 13.4. The van der Waals surface area contributed by atoms with Gasteiger partial charge < -0.3 is 10.6 Å². The zero-order valence-electron chi connectivity index (χ0n) is 10.4. The average Bonchev–Trinajstić information content (AvgIpc) is 2.34. The van der Waals surface area contributed by atoms with Gasteiger partial charge in [0.15, 0.2) is 0 Å². The first-order valence-electron chi connectivity index (χ1n) is 5.67. The van der Waals surface area contributed by atoms with E-state index in [0.29, 0.717) is 18.7 Å². The van der Waals surface area contributed by atoms with E-state index in [4.69, 9.17) is 5.73 Å². The molecule has 0 fully saturated rings. The first-order chi connectivity index (χ1) is 8.10. The quantitative estimate of drug-likeness (QED) is 0.785. The highest BCUT2D eigenvalue weighted by molar-refractivity contribution is 5.94. The van der Waals surface area contributed by atoms with E-state index in [-0.39, 0.29) is 11.9 Å². The molecule has 0 aliphatic carbocycles. The molecule has 1 heterocycles. The van der Waals surface area contributed by atoms with Gasteiger partial charge in [-0.15, -0.1) is 6.58 Å². The van der Waals surface area contributed by atoms with Gasteiger partial charge >= 0.3 is 0 Å². The van der Waals surface area contributed by atoms with Gasteiger partial charge in [-0.25, -0.2) is 0 Å². The highest BCUT2D eigenvalue weighted by Crippen LogP contribution is 2.09. The monoisotopic (exact) mass is 233 g/mol. The van der Waals surface area contributed by atoms with Gasteiger partial charge in [0.1, 0.15) is 0 Å². The SMILES string of the molecule is C=CCN(C(=O)c1ccnc(CN)c1)C(C)C. The normalized spacial score (nSPS) is 10.4. The molecular weight excluding hydrogens is 214 g/mol. The van der Waals surface area contributed by atoms with Gasteiger partial charge in [-0.2, -0.15) is 0 Å². The Balaban J connectivity index is 2.96. The summed E-state index contributed by atoms with van der Waals surface area (Å²) in [5, 5.41) is 0. The van der Waals surface area contributed by atoms with E-state index in [1.165, 1.54) is 0 Å². The van der Waals surface area contributed by atoms with Crippen LogP contribution in [0.4, 0.5) is 0 Å². The van der Waals surface area contributed by atoms with E-state index in [1.54, 1.807) is 29.3 Å². The zero-order chi connectivity index (χ0) is 12.8. The Morgan fingerprint density at radius 3 is 2.88 bits per heavy atom. The number of aromatic nitrogens is 1. The van der Waals surface area contributed by atoms with Crippen LogP contribution in [0.5, 0.6) is 0 Å². The van der Waals surface area contributed by atoms with Crippen molar-refractivity contribution in [2.45, 2.75) is 26.4 Å². The fourth-order valence-electron chi connectivity index (χ4n) is 1.56. The third-order valence-electron chi connectivity index (χ3n) is 2.48. The van der Waals surface area contributed by atoms with Crippen molar-refractivity contribution < 1.29 is 4.79 Å². The van der Waals surface area contributed by atoms with Crippen LogP contribution >= 0.6 is 0 Å². The van der Waals surface area contributed by atoms with Crippen molar-refractivity contribution in [3.8, 4) is 0 Å². The van der Waals surface area contributed by atoms with E-state index in [9.17, 15) is 4.79 Å². The molecule has 1 aromatic heterocycles. The van der Waals surface area contributed by atoms with Crippen molar-refractivity contribution in [3.63, 3.8) is 0 Å². The van der Waals surface area contributed by atoms with Crippen LogP contribution in [0.3, 0.4) is 0 Å². The molecule has 92 valence electrons. The van der Waals surface area contributed by atoms with Gasteiger partial charge in [0.25, 0.3) is 5.91 Å². The molecule has 0 saturated heterocycles. The lowest BCUT2D eigenvalue weighted by Gasteiger charge is -2.25. The van der Waals surface area contributed by atoms with Crippen LogP contribution in [0.2, 0.25) is 0 Å². The maximum Gasteiger partial charge on any atom is 0.254 e. The Bertz CT molecular complexity index is 401. The Kier molecular flexibility index (Phi) is 4.84. The van der Waals surface area contributed by atoms with E-state index in [2.05, 4.69) is 11.6 Å². The number of amides is 1. The summed E-state index contributed by atoms with van der Waals surface area (Å²) in [6.07, 6.45) is 3.34. The van der Waals surface area contributed by atoms with Gasteiger partial charge in [-0.3, -0.25) is 9.78 Å². The first-order valence-corrected chi connectivity index (χ1v) is 5.67. The molecule has 1 aromatic rings. The van der Waals surface area contributed by atoms with Crippen molar-refractivity contribution in [2.75, 3.05) is 6.54 Å². The predicted octanol–water partition coefficient (Wildman–Crippen LogP) is 1.58. The van der Waals surface area contributed by atoms with Crippen molar-refractivity contribution in [3.05, 3.63) is 42.2 Å². The van der Waals surface area contributed by atoms with Gasteiger partial charge in [-0.05, 0) is 26.0 Å². The second-order valence-corrected chi connectivity index (χ2v) is 4.08. The number of rotatable bonds is 5. The zero-order valence-corrected chi connectivity index (χ0v) is 10.4. The lowest BCUT2D eigenvalue weighted by atomic mass is 10.1. The van der Waals surface area contributed by atoms with Crippen LogP contribution in [-0.2, 0) is 6.54 Å². The highest BCUT2D eigenvalue weighted by Gasteiger charge is 2.17. The molecule has 0 aliphatic rings. The van der Waals surface area contributed by atoms with Gasteiger partial charge in [-0.1, -0.05) is 6.08 Å². The van der Waals surface area contributed by atoms with E-state index in [1.807, 2.05) is 13.8 Å². The number of nitrogens with zero attached hydrogens (tertiary/aromatic N) is 2. The summed E-state index contributed by atoms with van der Waals surface area (Å²) in [6, 6.07) is 3.58. The van der Waals surface area contributed by atoms with Crippen LogP contribution in [0.25, 0.3) is 0 Å². The molecule has 0 atom stereocenters. The van der Waals surface area contributed by atoms with Gasteiger partial charge in [0.2, 0.25) is 0 Å². The summed E-state index contributed by atoms with van der Waals surface area (Å²) in [5.41, 5.74) is 6.85. The van der Waals surface area contributed by atoms with Crippen LogP contribution < -0.4 is 5.73 Å². The third-order valence-corrected chi connectivity index (χ3v) is 2.48. The average molecular weight is 233 g/mol. The largest absolute Gasteiger partial charge is 0.333 e. The van der Waals surface area contributed by atoms with Crippen molar-refractivity contribution in [2.24, 2.45) is 5.73 Å². The van der Waals surface area contributed by atoms with Gasteiger partial charge in [0.05, 0.1) is 5.69 Å². The van der Waals surface area contributed by atoms with Crippen molar-refractivity contribution >= 4 is 5.91 Å². The molecule has 0 aliphatic heterocycles. The number of carbonyl (C=O) groups excluding carboxylic acids is 1. The number of pyridine rings is 1. The summed E-state index contributed by atoms with van der Waals surface area (Å²) >= 11 is 0. The second kappa shape index (κ2) is 6.15. The Morgan fingerprint density at radius 1 is 1.65 bits per heavy atom. The number of hydrogen-bond donors (Lipinski definition) is 1. The van der Waals surface area contributed by atoms with Crippen LogP contribution in [0.1, 0.15) is 29.9 Å². The van der Waals surface area contributed by atoms with Crippen molar-refractivity contribution in [1.29, 1.82) is 0 Å². The number of carbonyl (C=O) groups is 1. The summed E-state index contributed by atoms with van der Waals surface area (Å²) in [4.78, 5) is 18.1. The summed E-state index contributed by atoms with van der Waals surface area (Å²) in [6.45, 7) is 8.50. The molecule has 0 saturated carbocycles. The van der Waals surface area contributed by atoms with Crippen LogP contribution in [-0.4, -0.2) is 28.4 Å². The van der Waals surface area contributed by atoms with E-state index in [0.717, 1.165) is 5.69 Å². The Labute approximate surface area is 102 Å². The molecule has 1 amide bonds. The molecule has 4 heteroatoms. The number of nitrogens with two attached hydrogens (primary N) is 1. The smallest absolute Gasteiger partial charge is 0.254 e. The summed E-state index contributed by atoms with van der Waals surface area (Å²) < 4.78 is 0. The minimum atomic E-state index is -0.0167. The topological polar surface area (TPSA) is 59.2 Å². The molecule has 1 rings (SSSR count). The minimum absolute atomic E-state index is 0.0167. The lowest BCUT2D eigenvalue weighted by molar-refractivity contribution is 0.0728. The molecular formula is C13H19N3O. The molecule has 17 heavy (non-hydrogen) atoms. The molecule has 0 unspecified atom stereocenters. The molecule has 2 N–H and O–H groups in total. The fourth-order valence-corrected chi connectivity index (χ4v) is 1.56. The minimum Gasteiger partial charge on any atom is -0.333 e. The van der Waals surface area contributed by atoms with Gasteiger partial charge in [0, 0.05) is 30.9 Å². The van der Waals surface area contributed by atoms with Crippen molar-refractivity contribution in [1.82, 2.24) is 9.88 Å². The molecule has 0 aromatic carbocycles. The summed E-state index contributed by atoms with van der Waals surface area (Å²) in [5.74, 6) is -0.0167. The highest BCUT2D eigenvalue weighted by atomic mass is 16.2. The predicted molar refractivity (Wildman–Crippen MR) is 68.5 cm³/mol. The second-order valence-electron chi connectivity index (χ2n) is 4.08. The Morgan fingerprint density at radius 2 is 2.35 bits per heavy atom.